The minimum absolute atomic E-state index is 0.0182. The molecule has 1 fully saturated rings. The summed E-state index contributed by atoms with van der Waals surface area (Å²) in [5.41, 5.74) is 2.39. The van der Waals surface area contributed by atoms with Crippen molar-refractivity contribution in [3.63, 3.8) is 0 Å². The predicted octanol–water partition coefficient (Wildman–Crippen LogP) is 2.96. The van der Waals surface area contributed by atoms with E-state index < -0.39 is 0 Å². The van der Waals surface area contributed by atoms with Crippen LogP contribution in [0.4, 0.5) is 5.69 Å². The van der Waals surface area contributed by atoms with Gasteiger partial charge in [-0.3, -0.25) is 4.79 Å². The van der Waals surface area contributed by atoms with Crippen molar-refractivity contribution in [2.75, 3.05) is 18.4 Å². The molecule has 5 nitrogen and oxygen atoms in total. The van der Waals surface area contributed by atoms with Crippen LogP contribution in [0.15, 0.2) is 48.5 Å². The summed E-state index contributed by atoms with van der Waals surface area (Å²) >= 11 is 1.78. The monoisotopic (exact) mass is 391 g/mol. The topological polar surface area (TPSA) is 70.2 Å². The number of thiazole rings is 1. The van der Waals surface area contributed by atoms with Gasteiger partial charge in [0, 0.05) is 5.69 Å². The quantitative estimate of drug-likeness (QED) is 0.718. The van der Waals surface area contributed by atoms with Gasteiger partial charge in [-0.15, -0.1) is 11.3 Å². The molecule has 0 aliphatic carbocycles. The molecule has 1 unspecified atom stereocenters. The van der Waals surface area contributed by atoms with E-state index in [2.05, 4.69) is 29.6 Å². The Morgan fingerprint density at radius 1 is 1.29 bits per heavy atom. The Balaban J connectivity index is 1.42. The van der Waals surface area contributed by atoms with Gasteiger partial charge in [0.15, 0.2) is 6.04 Å². The van der Waals surface area contributed by atoms with E-state index in [9.17, 15) is 4.79 Å². The van der Waals surface area contributed by atoms with E-state index in [1.165, 1.54) is 14.6 Å². The van der Waals surface area contributed by atoms with E-state index in [0.29, 0.717) is 11.5 Å². The number of quaternary nitrogens is 1. The van der Waals surface area contributed by atoms with Gasteiger partial charge in [-0.25, -0.2) is 4.98 Å². The lowest BCUT2D eigenvalue weighted by Gasteiger charge is -2.32. The second kappa shape index (κ2) is 8.09. The van der Waals surface area contributed by atoms with Crippen LogP contribution in [0.2, 0.25) is 0 Å². The molecule has 3 atom stereocenters. The first-order valence-corrected chi connectivity index (χ1v) is 10.5. The third kappa shape index (κ3) is 3.91. The molecule has 3 aromatic rings. The SMILES string of the molecule is C[C@H](C(=O)Nc1ccc(C#N)cc1)[NH+]1CCC[C@H](c2nc3ccccc3s2)C1. The lowest BCUT2D eigenvalue weighted by molar-refractivity contribution is -0.920. The first-order chi connectivity index (χ1) is 13.6. The number of amides is 1. The molecular weight excluding hydrogens is 368 g/mol. The van der Waals surface area contributed by atoms with Crippen molar-refractivity contribution in [2.24, 2.45) is 0 Å². The highest BCUT2D eigenvalue weighted by molar-refractivity contribution is 7.18. The summed E-state index contributed by atoms with van der Waals surface area (Å²) in [6.07, 6.45) is 2.23. The molecule has 2 heterocycles. The largest absolute Gasteiger partial charge is 0.324 e. The number of carbonyl (C=O) groups is 1. The fourth-order valence-corrected chi connectivity index (χ4v) is 4.93. The molecule has 6 heteroatoms. The number of carbonyl (C=O) groups excluding carboxylic acids is 1. The summed E-state index contributed by atoms with van der Waals surface area (Å²) in [4.78, 5) is 18.9. The second-order valence-electron chi connectivity index (χ2n) is 7.37. The van der Waals surface area contributed by atoms with Gasteiger partial charge in [-0.1, -0.05) is 12.1 Å². The van der Waals surface area contributed by atoms with Crippen molar-refractivity contribution in [1.29, 1.82) is 5.26 Å². The van der Waals surface area contributed by atoms with Crippen molar-refractivity contribution in [2.45, 2.75) is 31.7 Å². The molecule has 1 aliphatic rings. The Kier molecular flexibility index (Phi) is 5.38. The molecule has 1 saturated heterocycles. The van der Waals surface area contributed by atoms with Gasteiger partial charge in [-0.05, 0) is 56.2 Å². The van der Waals surface area contributed by atoms with Gasteiger partial charge >= 0.3 is 0 Å². The first-order valence-electron chi connectivity index (χ1n) is 9.65. The van der Waals surface area contributed by atoms with Gasteiger partial charge in [0.2, 0.25) is 0 Å². The number of likely N-dealkylation sites (tertiary alicyclic amines) is 1. The maximum absolute atomic E-state index is 12.7. The van der Waals surface area contributed by atoms with Crippen molar-refractivity contribution in [3.8, 4) is 6.07 Å². The standard InChI is InChI=1S/C22H22N4OS/c1-15(21(27)24-18-10-8-16(13-23)9-11-18)26-12-4-5-17(14-26)22-25-19-6-2-3-7-20(19)28-22/h2-3,6-11,15,17H,4-5,12,14H2,1H3,(H,24,27)/p+1/t15-,17+/m1/s1. The predicted molar refractivity (Wildman–Crippen MR) is 112 cm³/mol. The minimum Gasteiger partial charge on any atom is -0.324 e. The smallest absolute Gasteiger partial charge is 0.282 e. The van der Waals surface area contributed by atoms with Crippen LogP contribution in [0.3, 0.4) is 0 Å². The summed E-state index contributed by atoms with van der Waals surface area (Å²) in [6, 6.07) is 17.2. The van der Waals surface area contributed by atoms with Gasteiger partial charge in [0.1, 0.15) is 5.01 Å². The number of nitrogens with zero attached hydrogens (tertiary/aromatic N) is 2. The number of aromatic nitrogens is 1. The van der Waals surface area contributed by atoms with E-state index in [0.717, 1.165) is 37.1 Å². The molecule has 1 aromatic heterocycles. The minimum atomic E-state index is -0.132. The van der Waals surface area contributed by atoms with Crippen molar-refractivity contribution in [3.05, 3.63) is 59.1 Å². The second-order valence-corrected chi connectivity index (χ2v) is 8.43. The highest BCUT2D eigenvalue weighted by atomic mass is 32.1. The van der Waals surface area contributed by atoms with Crippen LogP contribution < -0.4 is 10.2 Å². The number of hydrogen-bond acceptors (Lipinski definition) is 4. The number of piperidine rings is 1. The Bertz CT molecular complexity index is 988. The molecule has 1 aliphatic heterocycles. The molecule has 0 spiro atoms. The summed E-state index contributed by atoms with van der Waals surface area (Å²) in [6.45, 7) is 3.93. The Labute approximate surface area is 168 Å². The molecule has 0 bridgehead atoms. The maximum atomic E-state index is 12.7. The number of anilines is 1. The average molecular weight is 392 g/mol. The highest BCUT2D eigenvalue weighted by Crippen LogP contribution is 2.30. The molecule has 4 rings (SSSR count). The summed E-state index contributed by atoms with van der Waals surface area (Å²) in [5.74, 6) is 0.427. The molecule has 0 saturated carbocycles. The van der Waals surface area contributed by atoms with E-state index in [1.807, 2.05) is 13.0 Å². The van der Waals surface area contributed by atoms with Gasteiger partial charge in [0.05, 0.1) is 40.9 Å². The van der Waals surface area contributed by atoms with E-state index in [1.54, 1.807) is 35.6 Å². The van der Waals surface area contributed by atoms with Gasteiger partial charge < -0.3 is 10.2 Å². The van der Waals surface area contributed by atoms with E-state index in [4.69, 9.17) is 10.2 Å². The summed E-state index contributed by atoms with van der Waals surface area (Å²) in [5, 5.41) is 13.1. The fourth-order valence-electron chi connectivity index (χ4n) is 3.83. The first kappa shape index (κ1) is 18.6. The number of para-hydroxylation sites is 1. The molecule has 1 amide bonds. The lowest BCUT2D eigenvalue weighted by atomic mass is 9.97. The van der Waals surface area contributed by atoms with Crippen LogP contribution in [0.1, 0.15) is 36.3 Å². The molecular formula is C22H23N4OS+. The van der Waals surface area contributed by atoms with E-state index >= 15 is 0 Å². The zero-order chi connectivity index (χ0) is 19.5. The average Bonchev–Trinajstić information content (AvgIpc) is 3.18. The molecule has 0 radical (unpaired) electrons. The van der Waals surface area contributed by atoms with Crippen molar-refractivity contribution in [1.82, 2.24) is 4.98 Å². The zero-order valence-corrected chi connectivity index (χ0v) is 16.6. The summed E-state index contributed by atoms with van der Waals surface area (Å²) < 4.78 is 1.23. The number of benzene rings is 2. The number of hydrogen-bond donors (Lipinski definition) is 2. The third-order valence-electron chi connectivity index (χ3n) is 5.51. The lowest BCUT2D eigenvalue weighted by Crippen LogP contribution is -3.17. The Morgan fingerprint density at radius 3 is 2.82 bits per heavy atom. The van der Waals surface area contributed by atoms with Crippen LogP contribution in [0.5, 0.6) is 0 Å². The molecule has 2 N–H and O–H groups in total. The van der Waals surface area contributed by atoms with Crippen LogP contribution in [-0.4, -0.2) is 30.0 Å². The van der Waals surface area contributed by atoms with Crippen molar-refractivity contribution >= 4 is 33.1 Å². The Morgan fingerprint density at radius 2 is 2.07 bits per heavy atom. The molecule has 2 aromatic carbocycles. The normalized spacial score (nSPS) is 20.4. The molecule has 142 valence electrons. The van der Waals surface area contributed by atoms with E-state index in [-0.39, 0.29) is 11.9 Å². The van der Waals surface area contributed by atoms with Crippen LogP contribution in [-0.2, 0) is 4.79 Å². The third-order valence-corrected chi connectivity index (χ3v) is 6.70. The van der Waals surface area contributed by atoms with Crippen LogP contribution >= 0.6 is 11.3 Å². The maximum Gasteiger partial charge on any atom is 0.282 e. The fraction of sp³-hybridized carbons (Fsp3) is 0.318. The van der Waals surface area contributed by atoms with Crippen LogP contribution in [0.25, 0.3) is 10.2 Å². The van der Waals surface area contributed by atoms with Crippen molar-refractivity contribution < 1.29 is 9.69 Å². The van der Waals surface area contributed by atoms with Gasteiger partial charge in [0.25, 0.3) is 5.91 Å². The number of nitriles is 1. The summed E-state index contributed by atoms with van der Waals surface area (Å²) in [7, 11) is 0. The zero-order valence-electron chi connectivity index (χ0n) is 15.8. The molecule has 28 heavy (non-hydrogen) atoms. The Hall–Kier alpha value is -2.75. The number of nitrogens with one attached hydrogen (secondary N) is 2. The number of fused-ring (bicyclic) bond motifs is 1. The highest BCUT2D eigenvalue weighted by Gasteiger charge is 2.33. The number of rotatable bonds is 4. The van der Waals surface area contributed by atoms with Crippen LogP contribution in [0, 0.1) is 11.3 Å². The van der Waals surface area contributed by atoms with Gasteiger partial charge in [-0.2, -0.15) is 5.26 Å².